The third-order valence-corrected chi connectivity index (χ3v) is 4.48. The summed E-state index contributed by atoms with van der Waals surface area (Å²) in [6.07, 6.45) is 1.58. The Hall–Kier alpha value is -2.74. The van der Waals surface area contributed by atoms with E-state index < -0.39 is 5.51 Å². The van der Waals surface area contributed by atoms with Gasteiger partial charge in [0.25, 0.3) is 0 Å². The fourth-order valence-electron chi connectivity index (χ4n) is 2.64. The first-order valence-electron chi connectivity index (χ1n) is 7.57. The van der Waals surface area contributed by atoms with Gasteiger partial charge in [-0.3, -0.25) is 0 Å². The van der Waals surface area contributed by atoms with E-state index in [9.17, 15) is 13.2 Å². The van der Waals surface area contributed by atoms with Crippen LogP contribution in [0.5, 0.6) is 0 Å². The number of aryl methyl sites for hydroxylation is 1. The van der Waals surface area contributed by atoms with Crippen LogP contribution in [-0.2, 0) is 0 Å². The third-order valence-electron chi connectivity index (χ3n) is 3.75. The minimum Gasteiger partial charge on any atom is -0.464 e. The number of benzene rings is 2. The van der Waals surface area contributed by atoms with E-state index in [4.69, 9.17) is 8.83 Å². The summed E-state index contributed by atoms with van der Waals surface area (Å²) >= 11 is -0.139. The molecule has 4 rings (SSSR count). The van der Waals surface area contributed by atoms with Crippen LogP contribution in [-0.4, -0.2) is 15.7 Å². The van der Waals surface area contributed by atoms with Gasteiger partial charge in [-0.1, -0.05) is 12.1 Å². The van der Waals surface area contributed by atoms with Crippen molar-refractivity contribution in [2.24, 2.45) is 0 Å². The summed E-state index contributed by atoms with van der Waals surface area (Å²) in [7, 11) is 0. The molecule has 0 N–H and O–H groups in total. The molecule has 4 aromatic rings. The molecule has 0 aliphatic carbocycles. The van der Waals surface area contributed by atoms with Crippen LogP contribution in [0.2, 0.25) is 0 Å². The van der Waals surface area contributed by atoms with E-state index in [2.05, 4.69) is 10.2 Å². The molecule has 0 saturated heterocycles. The van der Waals surface area contributed by atoms with Crippen LogP contribution >= 0.6 is 11.8 Å². The molecule has 0 atom stereocenters. The Morgan fingerprint density at radius 1 is 0.962 bits per heavy atom. The molecule has 0 aliphatic rings. The first-order valence-corrected chi connectivity index (χ1v) is 8.39. The molecule has 2 aromatic heterocycles. The Balaban J connectivity index is 1.72. The number of nitrogens with zero attached hydrogens (tertiary/aromatic N) is 2. The van der Waals surface area contributed by atoms with Crippen molar-refractivity contribution in [2.45, 2.75) is 17.3 Å². The molecule has 0 bridgehead atoms. The SMILES string of the molecule is Cc1nnc(-c2ccc3occ(-c4ccc(SC(F)(F)F)cc4)c3c2)o1. The average molecular weight is 376 g/mol. The van der Waals surface area contributed by atoms with Crippen molar-refractivity contribution in [3.63, 3.8) is 0 Å². The molecule has 2 heterocycles. The molecule has 0 amide bonds. The highest BCUT2D eigenvalue weighted by Crippen LogP contribution is 2.38. The standard InChI is InChI=1S/C18H11F3N2O2S/c1-10-22-23-17(25-10)12-4-7-16-14(8-12)15(9-24-16)11-2-5-13(6-3-11)26-18(19,20)21/h2-9H,1H3. The Morgan fingerprint density at radius 3 is 2.35 bits per heavy atom. The van der Waals surface area contributed by atoms with E-state index in [1.807, 2.05) is 12.1 Å². The lowest BCUT2D eigenvalue weighted by molar-refractivity contribution is -0.0328. The van der Waals surface area contributed by atoms with E-state index >= 15 is 0 Å². The van der Waals surface area contributed by atoms with Crippen molar-refractivity contribution >= 4 is 22.7 Å². The van der Waals surface area contributed by atoms with Crippen LogP contribution in [0.15, 0.2) is 62.5 Å². The summed E-state index contributed by atoms with van der Waals surface area (Å²) in [6, 6.07) is 11.6. The van der Waals surface area contributed by atoms with Crippen molar-refractivity contribution in [1.29, 1.82) is 0 Å². The predicted molar refractivity (Wildman–Crippen MR) is 91.6 cm³/mol. The molecule has 8 heteroatoms. The molecule has 132 valence electrons. The van der Waals surface area contributed by atoms with Gasteiger partial charge in [0.15, 0.2) is 0 Å². The maximum absolute atomic E-state index is 12.5. The highest BCUT2D eigenvalue weighted by Gasteiger charge is 2.29. The first-order chi connectivity index (χ1) is 12.4. The van der Waals surface area contributed by atoms with Gasteiger partial charge in [-0.2, -0.15) is 13.2 Å². The molecular formula is C18H11F3N2O2S. The molecule has 0 spiro atoms. The second-order valence-corrected chi connectivity index (χ2v) is 6.70. The molecule has 0 saturated carbocycles. The quantitative estimate of drug-likeness (QED) is 0.406. The average Bonchev–Trinajstić information content (AvgIpc) is 3.20. The molecule has 0 aliphatic heterocycles. The van der Waals surface area contributed by atoms with Gasteiger partial charge in [0.1, 0.15) is 5.58 Å². The van der Waals surface area contributed by atoms with Crippen LogP contribution < -0.4 is 0 Å². The van der Waals surface area contributed by atoms with Crippen molar-refractivity contribution in [3.05, 3.63) is 54.6 Å². The fourth-order valence-corrected chi connectivity index (χ4v) is 3.17. The summed E-state index contributed by atoms with van der Waals surface area (Å²) in [5, 5.41) is 8.63. The summed E-state index contributed by atoms with van der Waals surface area (Å²) in [4.78, 5) is 0.135. The van der Waals surface area contributed by atoms with Crippen LogP contribution in [0.25, 0.3) is 33.6 Å². The zero-order valence-electron chi connectivity index (χ0n) is 13.4. The molecule has 2 aromatic carbocycles. The number of thioether (sulfide) groups is 1. The van der Waals surface area contributed by atoms with Gasteiger partial charge >= 0.3 is 5.51 Å². The smallest absolute Gasteiger partial charge is 0.446 e. The minimum atomic E-state index is -4.30. The number of rotatable bonds is 3. The van der Waals surface area contributed by atoms with Crippen LogP contribution in [0, 0.1) is 6.92 Å². The van der Waals surface area contributed by atoms with Gasteiger partial charge in [0, 0.05) is 28.3 Å². The molecule has 0 unspecified atom stereocenters. The fraction of sp³-hybridized carbons (Fsp3) is 0.111. The van der Waals surface area contributed by atoms with Gasteiger partial charge in [0.05, 0.1) is 6.26 Å². The Labute approximate surface area is 150 Å². The Kier molecular flexibility index (Phi) is 3.99. The van der Waals surface area contributed by atoms with E-state index in [0.717, 1.165) is 22.1 Å². The summed E-state index contributed by atoms with van der Waals surface area (Å²) in [5.41, 5.74) is -1.37. The predicted octanol–water partition coefficient (Wildman–Crippen LogP) is 6.07. The van der Waals surface area contributed by atoms with E-state index in [0.29, 0.717) is 17.4 Å². The zero-order chi connectivity index (χ0) is 18.3. The van der Waals surface area contributed by atoms with Gasteiger partial charge in [0.2, 0.25) is 11.8 Å². The maximum Gasteiger partial charge on any atom is 0.446 e. The highest BCUT2D eigenvalue weighted by atomic mass is 32.2. The van der Waals surface area contributed by atoms with Gasteiger partial charge in [-0.25, -0.2) is 0 Å². The lowest BCUT2D eigenvalue weighted by Gasteiger charge is -2.06. The number of hydrogen-bond donors (Lipinski definition) is 0. The second kappa shape index (κ2) is 6.21. The number of aromatic nitrogens is 2. The van der Waals surface area contributed by atoms with Crippen molar-refractivity contribution < 1.29 is 22.0 Å². The van der Waals surface area contributed by atoms with Crippen molar-refractivity contribution in [2.75, 3.05) is 0 Å². The van der Waals surface area contributed by atoms with E-state index in [1.165, 1.54) is 12.1 Å². The maximum atomic E-state index is 12.5. The number of fused-ring (bicyclic) bond motifs is 1. The third kappa shape index (κ3) is 3.32. The summed E-state index contributed by atoms with van der Waals surface area (Å²) in [6.45, 7) is 1.71. The monoisotopic (exact) mass is 376 g/mol. The van der Waals surface area contributed by atoms with E-state index in [1.54, 1.807) is 31.4 Å². The molecule has 26 heavy (non-hydrogen) atoms. The highest BCUT2D eigenvalue weighted by molar-refractivity contribution is 8.00. The molecule has 0 radical (unpaired) electrons. The van der Waals surface area contributed by atoms with Crippen molar-refractivity contribution in [3.8, 4) is 22.6 Å². The zero-order valence-corrected chi connectivity index (χ0v) is 14.2. The summed E-state index contributed by atoms with van der Waals surface area (Å²) in [5.74, 6) is 0.860. The number of furan rings is 1. The Morgan fingerprint density at radius 2 is 1.69 bits per heavy atom. The minimum absolute atomic E-state index is 0.135. The van der Waals surface area contributed by atoms with Crippen LogP contribution in [0.3, 0.4) is 0 Å². The van der Waals surface area contributed by atoms with E-state index in [-0.39, 0.29) is 16.7 Å². The molecule has 0 fully saturated rings. The van der Waals surface area contributed by atoms with Crippen molar-refractivity contribution in [1.82, 2.24) is 10.2 Å². The number of alkyl halides is 3. The largest absolute Gasteiger partial charge is 0.464 e. The lowest BCUT2D eigenvalue weighted by Crippen LogP contribution is -1.98. The Bertz CT molecular complexity index is 1070. The van der Waals surface area contributed by atoms with Gasteiger partial charge in [-0.05, 0) is 47.7 Å². The lowest BCUT2D eigenvalue weighted by atomic mass is 10.0. The topological polar surface area (TPSA) is 52.1 Å². The number of halogens is 3. The van der Waals surface area contributed by atoms with Crippen LogP contribution in [0.1, 0.15) is 5.89 Å². The normalized spacial score (nSPS) is 12.0. The molecule has 4 nitrogen and oxygen atoms in total. The molecular weight excluding hydrogens is 365 g/mol. The first kappa shape index (κ1) is 16.7. The van der Waals surface area contributed by atoms with Crippen LogP contribution in [0.4, 0.5) is 13.2 Å². The second-order valence-electron chi connectivity index (χ2n) is 5.56. The van der Waals surface area contributed by atoms with Gasteiger partial charge < -0.3 is 8.83 Å². The van der Waals surface area contributed by atoms with Gasteiger partial charge in [-0.15, -0.1) is 10.2 Å². The number of hydrogen-bond acceptors (Lipinski definition) is 5. The summed E-state index contributed by atoms with van der Waals surface area (Å²) < 4.78 is 48.4.